The monoisotopic (exact) mass is 389 g/mol. The molecular weight excluding hydrogens is 361 g/mol. The third-order valence-electron chi connectivity index (χ3n) is 3.88. The topological polar surface area (TPSA) is 86.1 Å². The summed E-state index contributed by atoms with van der Waals surface area (Å²) in [6.45, 7) is 7.00. The second-order valence-electron chi connectivity index (χ2n) is 6.61. The number of aliphatic imine (C=N–C) groups is 1. The third-order valence-corrected chi connectivity index (χ3v) is 3.88. The van der Waals surface area contributed by atoms with Crippen molar-refractivity contribution in [1.29, 1.82) is 0 Å². The third kappa shape index (κ3) is 6.74. The molecule has 28 heavy (non-hydrogen) atoms. The molecule has 0 saturated carbocycles. The van der Waals surface area contributed by atoms with Gasteiger partial charge in [-0.05, 0) is 56.2 Å². The molecule has 0 aliphatic carbocycles. The maximum atomic E-state index is 13.4. The van der Waals surface area contributed by atoms with Crippen molar-refractivity contribution in [1.82, 2.24) is 10.6 Å². The fourth-order valence-corrected chi connectivity index (χ4v) is 2.51. The molecule has 0 amide bonds. The Hall–Kier alpha value is -2.80. The van der Waals surface area contributed by atoms with E-state index in [1.165, 1.54) is 12.1 Å². The Bertz CT molecular complexity index is 779. The largest absolute Gasteiger partial charge is 0.505 e. The van der Waals surface area contributed by atoms with E-state index >= 15 is 0 Å². The first kappa shape index (κ1) is 21.5. The van der Waals surface area contributed by atoms with Gasteiger partial charge in [0.1, 0.15) is 5.75 Å². The number of aromatic hydroxyl groups is 1. The van der Waals surface area contributed by atoms with E-state index in [1.807, 2.05) is 45.0 Å². The van der Waals surface area contributed by atoms with Crippen LogP contribution in [0.25, 0.3) is 0 Å². The van der Waals surface area contributed by atoms with E-state index in [0.29, 0.717) is 18.1 Å². The standard InChI is InChI=1S/C21H28FN3O3/c1-4-23-21(24-12-15-5-10-19(26)18(22)11-15)25-13-20(27)16-6-8-17(9-7-16)28-14(2)3/h5-11,14,20,26-27H,4,12-13H2,1-3H3,(H2,23,24,25). The summed E-state index contributed by atoms with van der Waals surface area (Å²) < 4.78 is 19.0. The van der Waals surface area contributed by atoms with Crippen molar-refractivity contribution >= 4 is 5.96 Å². The first-order valence-corrected chi connectivity index (χ1v) is 9.33. The van der Waals surface area contributed by atoms with Gasteiger partial charge in [-0.25, -0.2) is 9.38 Å². The molecule has 7 heteroatoms. The number of rotatable bonds is 8. The molecule has 0 saturated heterocycles. The van der Waals surface area contributed by atoms with Gasteiger partial charge in [0, 0.05) is 13.1 Å². The van der Waals surface area contributed by atoms with Crippen molar-refractivity contribution < 1.29 is 19.3 Å². The van der Waals surface area contributed by atoms with Gasteiger partial charge in [0.25, 0.3) is 0 Å². The Labute approximate surface area is 165 Å². The van der Waals surface area contributed by atoms with Gasteiger partial charge < -0.3 is 25.6 Å². The summed E-state index contributed by atoms with van der Waals surface area (Å²) in [5.41, 5.74) is 1.40. The molecule has 1 atom stereocenters. The smallest absolute Gasteiger partial charge is 0.191 e. The number of nitrogens with one attached hydrogen (secondary N) is 2. The fraction of sp³-hybridized carbons (Fsp3) is 0.381. The molecule has 2 rings (SSSR count). The zero-order valence-corrected chi connectivity index (χ0v) is 16.4. The molecule has 4 N–H and O–H groups in total. The van der Waals surface area contributed by atoms with Crippen LogP contribution < -0.4 is 15.4 Å². The summed E-state index contributed by atoms with van der Waals surface area (Å²) in [6, 6.07) is 11.5. The van der Waals surface area contributed by atoms with E-state index in [4.69, 9.17) is 4.74 Å². The highest BCUT2D eigenvalue weighted by Gasteiger charge is 2.09. The van der Waals surface area contributed by atoms with Crippen LogP contribution in [0.4, 0.5) is 4.39 Å². The van der Waals surface area contributed by atoms with E-state index in [9.17, 15) is 14.6 Å². The first-order valence-electron chi connectivity index (χ1n) is 9.33. The van der Waals surface area contributed by atoms with E-state index in [1.54, 1.807) is 6.07 Å². The molecule has 0 aromatic heterocycles. The van der Waals surface area contributed by atoms with Crippen molar-refractivity contribution in [3.8, 4) is 11.5 Å². The molecule has 0 heterocycles. The van der Waals surface area contributed by atoms with Crippen LogP contribution >= 0.6 is 0 Å². The molecule has 152 valence electrons. The van der Waals surface area contributed by atoms with Gasteiger partial charge in [-0.3, -0.25) is 0 Å². The molecular formula is C21H28FN3O3. The number of phenols is 1. The Morgan fingerprint density at radius 1 is 1.14 bits per heavy atom. The minimum Gasteiger partial charge on any atom is -0.505 e. The molecule has 2 aromatic carbocycles. The lowest BCUT2D eigenvalue weighted by molar-refractivity contribution is 0.180. The lowest BCUT2D eigenvalue weighted by Crippen LogP contribution is -2.39. The molecule has 0 aliphatic heterocycles. The van der Waals surface area contributed by atoms with E-state index in [-0.39, 0.29) is 24.9 Å². The molecule has 0 spiro atoms. The minimum atomic E-state index is -0.719. The Morgan fingerprint density at radius 2 is 1.86 bits per heavy atom. The maximum absolute atomic E-state index is 13.4. The van der Waals surface area contributed by atoms with E-state index in [2.05, 4.69) is 15.6 Å². The van der Waals surface area contributed by atoms with Gasteiger partial charge in [-0.1, -0.05) is 18.2 Å². The lowest BCUT2D eigenvalue weighted by Gasteiger charge is -2.16. The van der Waals surface area contributed by atoms with Crippen LogP contribution in [0.5, 0.6) is 11.5 Å². The van der Waals surface area contributed by atoms with Crippen molar-refractivity contribution in [3.63, 3.8) is 0 Å². The predicted octanol–water partition coefficient (Wildman–Crippen LogP) is 3.11. The van der Waals surface area contributed by atoms with Gasteiger partial charge in [-0.15, -0.1) is 0 Å². The summed E-state index contributed by atoms with van der Waals surface area (Å²) in [7, 11) is 0. The number of aliphatic hydroxyl groups excluding tert-OH is 1. The number of guanidine groups is 1. The summed E-state index contributed by atoms with van der Waals surface area (Å²) in [6.07, 6.45) is -0.624. The molecule has 0 radical (unpaired) electrons. The van der Waals surface area contributed by atoms with Gasteiger partial charge >= 0.3 is 0 Å². The normalized spacial score (nSPS) is 12.7. The van der Waals surface area contributed by atoms with Crippen LogP contribution in [0.15, 0.2) is 47.5 Å². The fourth-order valence-electron chi connectivity index (χ4n) is 2.51. The van der Waals surface area contributed by atoms with Gasteiger partial charge in [-0.2, -0.15) is 0 Å². The highest BCUT2D eigenvalue weighted by Crippen LogP contribution is 2.19. The average Bonchev–Trinajstić information content (AvgIpc) is 2.66. The SMILES string of the molecule is CCNC(=NCc1ccc(O)c(F)c1)NCC(O)c1ccc(OC(C)C)cc1. The van der Waals surface area contributed by atoms with Gasteiger partial charge in [0.2, 0.25) is 0 Å². The number of hydrogen-bond acceptors (Lipinski definition) is 4. The van der Waals surface area contributed by atoms with Gasteiger partial charge in [0.05, 0.1) is 18.8 Å². The number of phenolic OH excluding ortho intramolecular Hbond substituents is 1. The Morgan fingerprint density at radius 3 is 2.46 bits per heavy atom. The number of benzene rings is 2. The van der Waals surface area contributed by atoms with Crippen molar-refractivity contribution in [2.75, 3.05) is 13.1 Å². The number of halogens is 1. The number of nitrogens with zero attached hydrogens (tertiary/aromatic N) is 1. The average molecular weight is 389 g/mol. The van der Waals surface area contributed by atoms with Crippen molar-refractivity contribution in [2.45, 2.75) is 39.5 Å². The first-order chi connectivity index (χ1) is 13.4. The van der Waals surface area contributed by atoms with Crippen LogP contribution in [0.3, 0.4) is 0 Å². The zero-order chi connectivity index (χ0) is 20.5. The van der Waals surface area contributed by atoms with Crippen LogP contribution in [-0.2, 0) is 6.54 Å². The quantitative estimate of drug-likeness (QED) is 0.412. The van der Waals surface area contributed by atoms with Crippen LogP contribution in [0.2, 0.25) is 0 Å². The lowest BCUT2D eigenvalue weighted by atomic mass is 10.1. The molecule has 0 fully saturated rings. The number of aliphatic hydroxyl groups is 1. The van der Waals surface area contributed by atoms with Crippen LogP contribution in [0, 0.1) is 5.82 Å². The van der Waals surface area contributed by atoms with E-state index in [0.717, 1.165) is 11.3 Å². The highest BCUT2D eigenvalue weighted by molar-refractivity contribution is 5.79. The summed E-state index contributed by atoms with van der Waals surface area (Å²) in [5, 5.41) is 25.8. The van der Waals surface area contributed by atoms with Gasteiger partial charge in [0.15, 0.2) is 17.5 Å². The molecule has 2 aromatic rings. The summed E-state index contributed by atoms with van der Waals surface area (Å²) in [4.78, 5) is 4.38. The second kappa shape index (κ2) is 10.5. The number of ether oxygens (including phenoxy) is 1. The predicted molar refractivity (Wildman–Crippen MR) is 108 cm³/mol. The summed E-state index contributed by atoms with van der Waals surface area (Å²) >= 11 is 0. The molecule has 0 aliphatic rings. The second-order valence-corrected chi connectivity index (χ2v) is 6.61. The maximum Gasteiger partial charge on any atom is 0.191 e. The summed E-state index contributed by atoms with van der Waals surface area (Å²) in [5.74, 6) is 0.210. The molecule has 6 nitrogen and oxygen atoms in total. The van der Waals surface area contributed by atoms with Crippen LogP contribution in [-0.4, -0.2) is 35.4 Å². The van der Waals surface area contributed by atoms with Crippen molar-refractivity contribution in [2.24, 2.45) is 4.99 Å². The zero-order valence-electron chi connectivity index (χ0n) is 16.4. The minimum absolute atomic E-state index is 0.0957. The van der Waals surface area contributed by atoms with Crippen molar-refractivity contribution in [3.05, 3.63) is 59.4 Å². The molecule has 1 unspecified atom stereocenters. The highest BCUT2D eigenvalue weighted by atomic mass is 19.1. The molecule has 0 bridgehead atoms. The van der Waals surface area contributed by atoms with E-state index < -0.39 is 11.9 Å². The number of hydrogen-bond donors (Lipinski definition) is 4. The Balaban J connectivity index is 1.94. The van der Waals surface area contributed by atoms with Crippen LogP contribution in [0.1, 0.15) is 38.0 Å². The Kier molecular flexibility index (Phi) is 8.07.